The van der Waals surface area contributed by atoms with Gasteiger partial charge in [-0.15, -0.1) is 0 Å². The molecule has 0 radical (unpaired) electrons. The third-order valence-electron chi connectivity index (χ3n) is 3.01. The number of carboxylic acid groups (broad SMARTS) is 1. The first-order valence-electron chi connectivity index (χ1n) is 5.29. The fourth-order valence-electron chi connectivity index (χ4n) is 1.96. The van der Waals surface area contributed by atoms with E-state index in [1.54, 1.807) is 12.1 Å². The van der Waals surface area contributed by atoms with Crippen LogP contribution in [-0.2, 0) is 0 Å². The van der Waals surface area contributed by atoms with E-state index in [1.807, 2.05) is 12.1 Å². The van der Waals surface area contributed by atoms with Gasteiger partial charge in [0.2, 0.25) is 0 Å². The molecule has 1 aromatic rings. The molecule has 0 spiro atoms. The summed E-state index contributed by atoms with van der Waals surface area (Å²) in [4.78, 5) is 13.1. The van der Waals surface area contributed by atoms with Crippen LogP contribution in [0.25, 0.3) is 0 Å². The second-order valence-electron chi connectivity index (χ2n) is 4.00. The van der Waals surface area contributed by atoms with Crippen molar-refractivity contribution in [3.63, 3.8) is 0 Å². The molecule has 1 N–H and O–H groups in total. The van der Waals surface area contributed by atoms with Gasteiger partial charge in [0.05, 0.1) is 11.3 Å². The molecule has 3 heteroatoms. The minimum Gasteiger partial charge on any atom is -0.478 e. The molecule has 2 rings (SSSR count). The zero-order valence-corrected chi connectivity index (χ0v) is 8.81. The van der Waals surface area contributed by atoms with Gasteiger partial charge in [0.25, 0.3) is 0 Å². The van der Waals surface area contributed by atoms with Crippen LogP contribution < -0.4 is 4.90 Å². The van der Waals surface area contributed by atoms with E-state index in [9.17, 15) is 4.79 Å². The highest BCUT2D eigenvalue weighted by Gasteiger charge is 2.27. The van der Waals surface area contributed by atoms with Gasteiger partial charge in [-0.1, -0.05) is 19.1 Å². The van der Waals surface area contributed by atoms with Gasteiger partial charge in [0.15, 0.2) is 0 Å². The first kappa shape index (κ1) is 10.0. The quantitative estimate of drug-likeness (QED) is 0.822. The Bertz CT molecular complexity index is 370. The number of para-hydroxylation sites is 1. The number of hydrogen-bond donors (Lipinski definition) is 1. The molecule has 1 aliphatic rings. The number of carboxylic acids is 1. The lowest BCUT2D eigenvalue weighted by Gasteiger charge is -2.41. The molecule has 0 unspecified atom stereocenters. The maximum absolute atomic E-state index is 11.0. The summed E-state index contributed by atoms with van der Waals surface area (Å²) >= 11 is 0. The highest BCUT2D eigenvalue weighted by Crippen LogP contribution is 2.29. The molecule has 0 aliphatic carbocycles. The Balaban J connectivity index is 2.18. The van der Waals surface area contributed by atoms with Crippen LogP contribution in [0.4, 0.5) is 5.69 Å². The van der Waals surface area contributed by atoms with E-state index < -0.39 is 5.97 Å². The summed E-state index contributed by atoms with van der Waals surface area (Å²) in [6, 6.07) is 7.21. The number of carbonyl (C=O) groups is 1. The Hall–Kier alpha value is -1.51. The molecule has 1 saturated heterocycles. The van der Waals surface area contributed by atoms with Crippen LogP contribution in [0.2, 0.25) is 0 Å². The predicted molar refractivity (Wildman–Crippen MR) is 59.4 cm³/mol. The van der Waals surface area contributed by atoms with Crippen molar-refractivity contribution in [3.05, 3.63) is 29.8 Å². The standard InChI is InChI=1S/C12H15NO2/c1-2-9-7-13(8-9)11-6-4-3-5-10(11)12(14)15/h3-6,9H,2,7-8H2,1H3,(H,14,15). The topological polar surface area (TPSA) is 40.5 Å². The van der Waals surface area contributed by atoms with Crippen LogP contribution in [0.5, 0.6) is 0 Å². The van der Waals surface area contributed by atoms with Gasteiger partial charge >= 0.3 is 5.97 Å². The molecule has 80 valence electrons. The Kier molecular flexibility index (Phi) is 2.62. The predicted octanol–water partition coefficient (Wildman–Crippen LogP) is 2.23. The maximum atomic E-state index is 11.0. The molecule has 1 heterocycles. The van der Waals surface area contributed by atoms with Crippen molar-refractivity contribution < 1.29 is 9.90 Å². The molecule has 0 atom stereocenters. The molecule has 0 aromatic heterocycles. The van der Waals surface area contributed by atoms with Gasteiger partial charge in [-0.25, -0.2) is 4.79 Å². The van der Waals surface area contributed by atoms with Crippen molar-refractivity contribution in [1.29, 1.82) is 0 Å². The molecule has 0 bridgehead atoms. The van der Waals surface area contributed by atoms with Crippen molar-refractivity contribution >= 4 is 11.7 Å². The van der Waals surface area contributed by atoms with Gasteiger partial charge in [-0.3, -0.25) is 0 Å². The van der Waals surface area contributed by atoms with Crippen molar-refractivity contribution in [2.24, 2.45) is 5.92 Å². The maximum Gasteiger partial charge on any atom is 0.337 e. The first-order chi connectivity index (χ1) is 7.22. The summed E-state index contributed by atoms with van der Waals surface area (Å²) in [5.74, 6) is -0.114. The lowest BCUT2D eigenvalue weighted by molar-refractivity contribution is 0.0697. The number of anilines is 1. The smallest absolute Gasteiger partial charge is 0.337 e. The highest BCUT2D eigenvalue weighted by atomic mass is 16.4. The molecule has 15 heavy (non-hydrogen) atoms. The summed E-state index contributed by atoms with van der Waals surface area (Å²) < 4.78 is 0. The van der Waals surface area contributed by atoms with Crippen LogP contribution in [0.3, 0.4) is 0 Å². The zero-order chi connectivity index (χ0) is 10.8. The van der Waals surface area contributed by atoms with E-state index >= 15 is 0 Å². The van der Waals surface area contributed by atoms with E-state index in [0.29, 0.717) is 5.56 Å². The summed E-state index contributed by atoms with van der Waals surface area (Å²) in [5.41, 5.74) is 1.27. The van der Waals surface area contributed by atoms with Gasteiger partial charge < -0.3 is 10.0 Å². The largest absolute Gasteiger partial charge is 0.478 e. The number of nitrogens with zero attached hydrogens (tertiary/aromatic N) is 1. The van der Waals surface area contributed by atoms with Gasteiger partial charge in [-0.05, 0) is 24.5 Å². The summed E-state index contributed by atoms with van der Waals surface area (Å²) in [7, 11) is 0. The number of rotatable bonds is 3. The fourth-order valence-corrected chi connectivity index (χ4v) is 1.96. The van der Waals surface area contributed by atoms with E-state index in [1.165, 1.54) is 6.42 Å². The van der Waals surface area contributed by atoms with E-state index in [-0.39, 0.29) is 0 Å². The Morgan fingerprint density at radius 3 is 2.73 bits per heavy atom. The van der Waals surface area contributed by atoms with Gasteiger partial charge in [0, 0.05) is 13.1 Å². The van der Waals surface area contributed by atoms with Crippen molar-refractivity contribution in [3.8, 4) is 0 Å². The average molecular weight is 205 g/mol. The molecule has 0 saturated carbocycles. The lowest BCUT2D eigenvalue weighted by Crippen LogP contribution is -2.47. The minimum atomic E-state index is -0.842. The molecule has 1 fully saturated rings. The fraction of sp³-hybridized carbons (Fsp3) is 0.417. The molecule has 1 aromatic carbocycles. The van der Waals surface area contributed by atoms with Gasteiger partial charge in [-0.2, -0.15) is 0 Å². The molecule has 0 amide bonds. The van der Waals surface area contributed by atoms with E-state index in [4.69, 9.17) is 5.11 Å². The van der Waals surface area contributed by atoms with E-state index in [2.05, 4.69) is 11.8 Å². The highest BCUT2D eigenvalue weighted by molar-refractivity contribution is 5.94. The zero-order valence-electron chi connectivity index (χ0n) is 8.81. The van der Waals surface area contributed by atoms with E-state index in [0.717, 1.165) is 24.7 Å². The Labute approximate surface area is 89.3 Å². The SMILES string of the molecule is CCC1CN(c2ccccc2C(=O)O)C1. The summed E-state index contributed by atoms with van der Waals surface area (Å²) in [6.45, 7) is 4.15. The third kappa shape index (κ3) is 1.82. The minimum absolute atomic E-state index is 0.409. The third-order valence-corrected chi connectivity index (χ3v) is 3.01. The second kappa shape index (κ2) is 3.93. The number of hydrogen-bond acceptors (Lipinski definition) is 2. The van der Waals surface area contributed by atoms with Crippen molar-refractivity contribution in [2.45, 2.75) is 13.3 Å². The normalized spacial score (nSPS) is 16.2. The summed E-state index contributed by atoms with van der Waals surface area (Å²) in [6.07, 6.45) is 1.17. The van der Waals surface area contributed by atoms with Gasteiger partial charge in [0.1, 0.15) is 0 Å². The van der Waals surface area contributed by atoms with Crippen LogP contribution >= 0.6 is 0 Å². The Morgan fingerprint density at radius 1 is 1.47 bits per heavy atom. The second-order valence-corrected chi connectivity index (χ2v) is 4.00. The number of aromatic carboxylic acids is 1. The molecule has 1 aliphatic heterocycles. The van der Waals surface area contributed by atoms with Crippen LogP contribution in [0.1, 0.15) is 23.7 Å². The van der Waals surface area contributed by atoms with Crippen molar-refractivity contribution in [2.75, 3.05) is 18.0 Å². The van der Waals surface area contributed by atoms with Crippen LogP contribution in [-0.4, -0.2) is 24.2 Å². The molecule has 3 nitrogen and oxygen atoms in total. The molecular formula is C12H15NO2. The molecular weight excluding hydrogens is 190 g/mol. The van der Waals surface area contributed by atoms with Crippen LogP contribution in [0.15, 0.2) is 24.3 Å². The first-order valence-corrected chi connectivity index (χ1v) is 5.29. The lowest BCUT2D eigenvalue weighted by atomic mass is 9.95. The monoisotopic (exact) mass is 205 g/mol. The van der Waals surface area contributed by atoms with Crippen LogP contribution in [0, 0.1) is 5.92 Å². The van der Waals surface area contributed by atoms with Crippen molar-refractivity contribution in [1.82, 2.24) is 0 Å². The summed E-state index contributed by atoms with van der Waals surface area (Å²) in [5, 5.41) is 9.03. The number of benzene rings is 1. The average Bonchev–Trinajstić information content (AvgIpc) is 2.16. The Morgan fingerprint density at radius 2 is 2.13 bits per heavy atom.